The van der Waals surface area contributed by atoms with Crippen LogP contribution in [-0.2, 0) is 14.8 Å². The van der Waals surface area contributed by atoms with Crippen molar-refractivity contribution in [1.29, 1.82) is 0 Å². The van der Waals surface area contributed by atoms with Crippen molar-refractivity contribution in [2.24, 2.45) is 0 Å². The highest BCUT2D eigenvalue weighted by atomic mass is 32.2. The average Bonchev–Trinajstić information content (AvgIpc) is 2.75. The molecule has 1 amide bonds. The highest BCUT2D eigenvalue weighted by molar-refractivity contribution is 7.92. The number of anilines is 2. The molecule has 1 atom stereocenters. The molecule has 0 saturated carbocycles. The molecular weight excluding hydrogens is 422 g/mol. The summed E-state index contributed by atoms with van der Waals surface area (Å²) < 4.78 is 26.8. The van der Waals surface area contributed by atoms with Crippen molar-refractivity contribution in [2.75, 3.05) is 41.6 Å². The minimum Gasteiger partial charge on any atom is -0.368 e. The molecule has 1 aliphatic heterocycles. The Kier molecular flexibility index (Phi) is 7.18. The molecule has 1 aliphatic rings. The summed E-state index contributed by atoms with van der Waals surface area (Å²) in [4.78, 5) is 17.6. The number of benzene rings is 2. The molecule has 2 aromatic carbocycles. The molecule has 0 radical (unpaired) electrons. The molecule has 1 heterocycles. The van der Waals surface area contributed by atoms with Gasteiger partial charge in [0.05, 0.1) is 11.9 Å². The first kappa shape index (κ1) is 24.1. The summed E-state index contributed by atoms with van der Waals surface area (Å²) in [7, 11) is -3.63. The quantitative estimate of drug-likeness (QED) is 0.662. The lowest BCUT2D eigenvalue weighted by molar-refractivity contribution is -0.132. The molecular formula is C25H35N3O3S. The predicted octanol–water partition coefficient (Wildman–Crippen LogP) is 3.81. The molecule has 2 aromatic rings. The number of rotatable bonds is 6. The van der Waals surface area contributed by atoms with Gasteiger partial charge in [-0.2, -0.15) is 0 Å². The molecule has 0 spiro atoms. The SMILES string of the molecule is CCC(C(=O)N1CCN(c2cccc(C)c2C)CC1)N(c1ccc(C)c(C)c1)S(C)(=O)=O. The van der Waals surface area contributed by atoms with Crippen molar-refractivity contribution >= 4 is 27.3 Å². The maximum atomic E-state index is 13.5. The summed E-state index contributed by atoms with van der Waals surface area (Å²) in [6.07, 6.45) is 1.59. The van der Waals surface area contributed by atoms with Crippen molar-refractivity contribution in [3.8, 4) is 0 Å². The molecule has 1 fully saturated rings. The van der Waals surface area contributed by atoms with E-state index in [-0.39, 0.29) is 5.91 Å². The Morgan fingerprint density at radius 3 is 2.19 bits per heavy atom. The van der Waals surface area contributed by atoms with Gasteiger partial charge in [-0.15, -0.1) is 0 Å². The Hall–Kier alpha value is -2.54. The standard InChI is InChI=1S/C25H35N3O3S/c1-7-23(28(32(6,30)31)22-12-11-18(2)20(4)17-22)25(29)27-15-13-26(14-16-27)24-10-8-9-19(3)21(24)5/h8-12,17,23H,7,13-16H2,1-6H3. The lowest BCUT2D eigenvalue weighted by Crippen LogP contribution is -2.56. The van der Waals surface area contributed by atoms with Crippen LogP contribution in [0.1, 0.15) is 35.6 Å². The fourth-order valence-electron chi connectivity index (χ4n) is 4.36. The fourth-order valence-corrected chi connectivity index (χ4v) is 5.56. The van der Waals surface area contributed by atoms with Gasteiger partial charge in [0.2, 0.25) is 15.9 Å². The zero-order chi connectivity index (χ0) is 23.6. The summed E-state index contributed by atoms with van der Waals surface area (Å²) >= 11 is 0. The fraction of sp³-hybridized carbons (Fsp3) is 0.480. The Morgan fingerprint density at radius 1 is 0.969 bits per heavy atom. The molecule has 1 unspecified atom stereocenters. The van der Waals surface area contributed by atoms with E-state index in [2.05, 4.69) is 36.9 Å². The van der Waals surface area contributed by atoms with Crippen LogP contribution in [0.5, 0.6) is 0 Å². The average molecular weight is 458 g/mol. The van der Waals surface area contributed by atoms with Crippen LogP contribution >= 0.6 is 0 Å². The first-order valence-corrected chi connectivity index (χ1v) is 13.1. The number of sulfonamides is 1. The van der Waals surface area contributed by atoms with Crippen LogP contribution in [0.15, 0.2) is 36.4 Å². The first-order chi connectivity index (χ1) is 15.0. The zero-order valence-corrected chi connectivity index (χ0v) is 20.9. The number of carbonyl (C=O) groups is 1. The number of amides is 1. The smallest absolute Gasteiger partial charge is 0.246 e. The Labute approximate surface area is 192 Å². The lowest BCUT2D eigenvalue weighted by atomic mass is 10.1. The summed E-state index contributed by atoms with van der Waals surface area (Å²) in [5.74, 6) is -0.128. The van der Waals surface area contributed by atoms with Crippen LogP contribution in [0, 0.1) is 27.7 Å². The van der Waals surface area contributed by atoms with Crippen LogP contribution < -0.4 is 9.21 Å². The van der Waals surface area contributed by atoms with Gasteiger partial charge in [-0.05, 0) is 74.6 Å². The van der Waals surface area contributed by atoms with E-state index in [9.17, 15) is 13.2 Å². The van der Waals surface area contributed by atoms with Gasteiger partial charge in [-0.1, -0.05) is 25.1 Å². The van der Waals surface area contributed by atoms with Crippen molar-refractivity contribution in [1.82, 2.24) is 4.90 Å². The first-order valence-electron chi connectivity index (χ1n) is 11.2. The van der Waals surface area contributed by atoms with Crippen LogP contribution in [-0.4, -0.2) is 57.7 Å². The van der Waals surface area contributed by atoms with Gasteiger partial charge in [-0.25, -0.2) is 8.42 Å². The molecule has 0 bridgehead atoms. The zero-order valence-electron chi connectivity index (χ0n) is 20.1. The minimum absolute atomic E-state index is 0.128. The highest BCUT2D eigenvalue weighted by Crippen LogP contribution is 2.27. The third kappa shape index (κ3) is 4.93. The monoisotopic (exact) mass is 457 g/mol. The third-order valence-electron chi connectivity index (χ3n) is 6.57. The number of carbonyl (C=O) groups excluding carboxylic acids is 1. The summed E-state index contributed by atoms with van der Waals surface area (Å²) in [6, 6.07) is 11.1. The van der Waals surface area contributed by atoms with Gasteiger partial charge >= 0.3 is 0 Å². The van der Waals surface area contributed by atoms with E-state index in [4.69, 9.17) is 0 Å². The molecule has 32 heavy (non-hydrogen) atoms. The van der Waals surface area contributed by atoms with Gasteiger partial charge < -0.3 is 9.80 Å². The van der Waals surface area contributed by atoms with Crippen molar-refractivity contribution in [3.05, 3.63) is 58.7 Å². The van der Waals surface area contributed by atoms with Gasteiger partial charge in [-0.3, -0.25) is 9.10 Å². The second kappa shape index (κ2) is 9.53. The summed E-state index contributed by atoms with van der Waals surface area (Å²) in [5, 5.41) is 0. The van der Waals surface area contributed by atoms with E-state index < -0.39 is 16.1 Å². The van der Waals surface area contributed by atoms with Crippen molar-refractivity contribution in [3.63, 3.8) is 0 Å². The topological polar surface area (TPSA) is 60.9 Å². The number of aryl methyl sites for hydroxylation is 3. The largest absolute Gasteiger partial charge is 0.368 e. The van der Waals surface area contributed by atoms with E-state index in [0.29, 0.717) is 25.2 Å². The second-order valence-electron chi connectivity index (χ2n) is 8.78. The van der Waals surface area contributed by atoms with Crippen molar-refractivity contribution in [2.45, 2.75) is 47.1 Å². The third-order valence-corrected chi connectivity index (χ3v) is 7.75. The van der Waals surface area contributed by atoms with Gasteiger partial charge in [0.15, 0.2) is 0 Å². The van der Waals surface area contributed by atoms with E-state index in [0.717, 1.165) is 24.2 Å². The molecule has 3 rings (SSSR count). The lowest BCUT2D eigenvalue weighted by Gasteiger charge is -2.40. The number of piperazine rings is 1. The van der Waals surface area contributed by atoms with Crippen molar-refractivity contribution < 1.29 is 13.2 Å². The molecule has 0 aromatic heterocycles. The van der Waals surface area contributed by atoms with E-state index in [1.807, 2.05) is 37.8 Å². The number of hydrogen-bond donors (Lipinski definition) is 0. The normalized spacial score (nSPS) is 15.6. The Balaban J connectivity index is 1.81. The predicted molar refractivity (Wildman–Crippen MR) is 132 cm³/mol. The Bertz CT molecular complexity index is 1090. The Morgan fingerprint density at radius 2 is 1.62 bits per heavy atom. The number of nitrogens with zero attached hydrogens (tertiary/aromatic N) is 3. The molecule has 7 heteroatoms. The molecule has 1 saturated heterocycles. The second-order valence-corrected chi connectivity index (χ2v) is 10.6. The van der Waals surface area contributed by atoms with Crippen LogP contribution in [0.3, 0.4) is 0 Å². The molecule has 0 aliphatic carbocycles. The van der Waals surface area contributed by atoms with E-state index in [1.165, 1.54) is 27.4 Å². The summed E-state index contributed by atoms with van der Waals surface area (Å²) in [5.41, 5.74) is 6.35. The minimum atomic E-state index is -3.63. The van der Waals surface area contributed by atoms with Crippen LogP contribution in [0.25, 0.3) is 0 Å². The van der Waals surface area contributed by atoms with E-state index >= 15 is 0 Å². The maximum absolute atomic E-state index is 13.5. The van der Waals surface area contributed by atoms with Crippen LogP contribution in [0.2, 0.25) is 0 Å². The van der Waals surface area contributed by atoms with Crippen LogP contribution in [0.4, 0.5) is 11.4 Å². The van der Waals surface area contributed by atoms with E-state index in [1.54, 1.807) is 6.07 Å². The highest BCUT2D eigenvalue weighted by Gasteiger charge is 2.35. The van der Waals surface area contributed by atoms with Gasteiger partial charge in [0.25, 0.3) is 0 Å². The summed E-state index contributed by atoms with van der Waals surface area (Å²) in [6.45, 7) is 12.7. The maximum Gasteiger partial charge on any atom is 0.246 e. The number of hydrogen-bond acceptors (Lipinski definition) is 4. The van der Waals surface area contributed by atoms with Gasteiger partial charge in [0.1, 0.15) is 6.04 Å². The molecule has 174 valence electrons. The molecule has 6 nitrogen and oxygen atoms in total. The molecule has 0 N–H and O–H groups in total. The van der Waals surface area contributed by atoms with Gasteiger partial charge in [0, 0.05) is 31.9 Å².